The van der Waals surface area contributed by atoms with E-state index in [4.69, 9.17) is 9.47 Å². The number of imide groups is 2. The van der Waals surface area contributed by atoms with Crippen molar-refractivity contribution in [1.82, 2.24) is 9.80 Å². The molecule has 8 nitrogen and oxygen atoms in total. The van der Waals surface area contributed by atoms with Gasteiger partial charge in [-0.3, -0.25) is 9.59 Å². The van der Waals surface area contributed by atoms with Gasteiger partial charge in [0.2, 0.25) is 11.8 Å². The minimum Gasteiger partial charge on any atom is -0.443 e. The first kappa shape index (κ1) is 29.3. The first-order valence-electron chi connectivity index (χ1n) is 12.6. The smallest absolute Gasteiger partial charge is 0.417 e. The van der Waals surface area contributed by atoms with Crippen molar-refractivity contribution in [3.8, 4) is 0 Å². The number of hydrogen-bond acceptors (Lipinski definition) is 6. The number of likely N-dealkylation sites (tertiary alicyclic amines) is 2. The second-order valence-corrected chi connectivity index (χ2v) is 11.8. The van der Waals surface area contributed by atoms with E-state index in [0.29, 0.717) is 32.4 Å². The molecule has 0 aromatic heterocycles. The number of carbonyl (C=O) groups excluding carboxylic acids is 4. The Morgan fingerprint density at radius 1 is 0.833 bits per heavy atom. The predicted octanol–water partition coefficient (Wildman–Crippen LogP) is 5.78. The fraction of sp³-hybridized carbons (Fsp3) is 0.643. The van der Waals surface area contributed by atoms with Crippen LogP contribution in [0.4, 0.5) is 9.59 Å². The molecule has 0 aromatic rings. The van der Waals surface area contributed by atoms with Crippen molar-refractivity contribution < 1.29 is 28.7 Å². The zero-order valence-corrected chi connectivity index (χ0v) is 22.7. The molecule has 36 heavy (non-hydrogen) atoms. The van der Waals surface area contributed by atoms with Crippen molar-refractivity contribution >= 4 is 24.0 Å². The SMILES string of the molecule is C=CCC1(CC=C)CCN(C(=O)OC(C)(C)C)C1=O.CC(C)(C)OC(=O)N1CCC2(CC=CC2)C1=O. The number of carbonyl (C=O) groups is 4. The molecule has 1 spiro atoms. The average molecular weight is 503 g/mol. The maximum atomic E-state index is 12.5. The van der Waals surface area contributed by atoms with Gasteiger partial charge in [0.05, 0.1) is 10.8 Å². The zero-order chi connectivity index (χ0) is 27.4. The molecule has 0 saturated carbocycles. The van der Waals surface area contributed by atoms with Gasteiger partial charge in [-0.25, -0.2) is 19.4 Å². The Morgan fingerprint density at radius 2 is 1.25 bits per heavy atom. The van der Waals surface area contributed by atoms with E-state index < -0.39 is 28.8 Å². The molecule has 3 rings (SSSR count). The fourth-order valence-corrected chi connectivity index (χ4v) is 4.72. The lowest BCUT2D eigenvalue weighted by Gasteiger charge is -2.26. The van der Waals surface area contributed by atoms with Crippen LogP contribution >= 0.6 is 0 Å². The van der Waals surface area contributed by atoms with Crippen LogP contribution in [-0.2, 0) is 19.1 Å². The Hall–Kier alpha value is -2.90. The van der Waals surface area contributed by atoms with Crippen LogP contribution in [0.5, 0.6) is 0 Å². The Balaban J connectivity index is 0.000000255. The highest BCUT2D eigenvalue weighted by atomic mass is 16.6. The number of hydrogen-bond donors (Lipinski definition) is 0. The molecule has 200 valence electrons. The van der Waals surface area contributed by atoms with Crippen molar-refractivity contribution in [1.29, 1.82) is 0 Å². The van der Waals surface area contributed by atoms with Crippen LogP contribution in [0.15, 0.2) is 37.5 Å². The van der Waals surface area contributed by atoms with Crippen LogP contribution in [0.25, 0.3) is 0 Å². The van der Waals surface area contributed by atoms with Crippen LogP contribution in [0.1, 0.15) is 80.1 Å². The zero-order valence-electron chi connectivity index (χ0n) is 22.7. The molecule has 0 atom stereocenters. The van der Waals surface area contributed by atoms with E-state index in [1.165, 1.54) is 9.80 Å². The summed E-state index contributed by atoms with van der Waals surface area (Å²) in [4.78, 5) is 51.0. The molecule has 3 aliphatic rings. The van der Waals surface area contributed by atoms with E-state index in [1.807, 2.05) is 12.2 Å². The molecule has 2 heterocycles. The number of ether oxygens (including phenoxy) is 2. The Bertz CT molecular complexity index is 903. The third-order valence-corrected chi connectivity index (χ3v) is 6.51. The summed E-state index contributed by atoms with van der Waals surface area (Å²) in [5.41, 5.74) is -2.07. The van der Waals surface area contributed by atoms with Crippen LogP contribution in [0.2, 0.25) is 0 Å². The monoisotopic (exact) mass is 502 g/mol. The molecule has 1 aliphatic carbocycles. The van der Waals surface area contributed by atoms with E-state index in [0.717, 1.165) is 19.3 Å². The molecule has 8 heteroatoms. The predicted molar refractivity (Wildman–Crippen MR) is 138 cm³/mol. The number of rotatable bonds is 4. The van der Waals surface area contributed by atoms with Gasteiger partial charge in [-0.15, -0.1) is 13.2 Å². The molecule has 2 aliphatic heterocycles. The molecule has 0 aromatic carbocycles. The molecule has 2 saturated heterocycles. The van der Waals surface area contributed by atoms with Crippen molar-refractivity contribution in [3.05, 3.63) is 37.5 Å². The maximum Gasteiger partial charge on any atom is 0.417 e. The topological polar surface area (TPSA) is 93.2 Å². The van der Waals surface area contributed by atoms with Gasteiger partial charge in [0, 0.05) is 13.1 Å². The van der Waals surface area contributed by atoms with Crippen LogP contribution in [0.3, 0.4) is 0 Å². The lowest BCUT2D eigenvalue weighted by Crippen LogP contribution is -2.41. The lowest BCUT2D eigenvalue weighted by atomic mass is 9.80. The van der Waals surface area contributed by atoms with Crippen molar-refractivity contribution in [2.45, 2.75) is 91.3 Å². The van der Waals surface area contributed by atoms with Gasteiger partial charge in [0.1, 0.15) is 11.2 Å². The van der Waals surface area contributed by atoms with E-state index >= 15 is 0 Å². The maximum absolute atomic E-state index is 12.5. The van der Waals surface area contributed by atoms with Crippen molar-refractivity contribution in [2.24, 2.45) is 10.8 Å². The van der Waals surface area contributed by atoms with Gasteiger partial charge in [-0.2, -0.15) is 0 Å². The Morgan fingerprint density at radius 3 is 1.67 bits per heavy atom. The first-order chi connectivity index (χ1) is 16.6. The molecule has 0 unspecified atom stereocenters. The average Bonchev–Trinajstić information content (AvgIpc) is 3.42. The third-order valence-electron chi connectivity index (χ3n) is 6.51. The molecule has 0 bridgehead atoms. The largest absolute Gasteiger partial charge is 0.443 e. The second kappa shape index (κ2) is 11.0. The van der Waals surface area contributed by atoms with E-state index in [2.05, 4.69) is 13.2 Å². The van der Waals surface area contributed by atoms with Crippen molar-refractivity contribution in [3.63, 3.8) is 0 Å². The lowest BCUT2D eigenvalue weighted by molar-refractivity contribution is -0.135. The van der Waals surface area contributed by atoms with E-state index in [-0.39, 0.29) is 17.2 Å². The molecular weight excluding hydrogens is 460 g/mol. The molecular formula is C28H42N2O6. The van der Waals surface area contributed by atoms with Gasteiger partial charge >= 0.3 is 12.2 Å². The number of amides is 4. The summed E-state index contributed by atoms with van der Waals surface area (Å²) in [7, 11) is 0. The van der Waals surface area contributed by atoms with Gasteiger partial charge in [0.25, 0.3) is 0 Å². The van der Waals surface area contributed by atoms with Gasteiger partial charge < -0.3 is 9.47 Å². The number of nitrogens with zero attached hydrogens (tertiary/aromatic N) is 2. The van der Waals surface area contributed by atoms with E-state index in [9.17, 15) is 19.2 Å². The minimum atomic E-state index is -0.598. The summed E-state index contributed by atoms with van der Waals surface area (Å²) in [5.74, 6) is -0.252. The highest BCUT2D eigenvalue weighted by Crippen LogP contribution is 2.43. The normalized spacial score (nSPS) is 20.3. The molecule has 0 N–H and O–H groups in total. The third kappa shape index (κ3) is 6.86. The Labute approximate surface area is 215 Å². The summed E-state index contributed by atoms with van der Waals surface area (Å²) in [6.07, 6.45) is 10.4. The summed E-state index contributed by atoms with van der Waals surface area (Å²) < 4.78 is 10.5. The summed E-state index contributed by atoms with van der Waals surface area (Å²) in [6.45, 7) is 19.0. The Kier molecular flexibility index (Phi) is 8.97. The highest BCUT2D eigenvalue weighted by molar-refractivity contribution is 5.98. The molecule has 2 fully saturated rings. The minimum absolute atomic E-state index is 0.0725. The number of allylic oxidation sites excluding steroid dienone is 4. The van der Waals surface area contributed by atoms with Crippen LogP contribution < -0.4 is 0 Å². The second-order valence-electron chi connectivity index (χ2n) is 11.8. The highest BCUT2D eigenvalue weighted by Gasteiger charge is 2.50. The fourth-order valence-electron chi connectivity index (χ4n) is 4.72. The van der Waals surface area contributed by atoms with Gasteiger partial charge in [-0.05, 0) is 80.1 Å². The van der Waals surface area contributed by atoms with Gasteiger partial charge in [-0.1, -0.05) is 24.3 Å². The quantitative estimate of drug-likeness (QED) is 0.452. The summed E-state index contributed by atoms with van der Waals surface area (Å²) in [6, 6.07) is 0. The van der Waals surface area contributed by atoms with Crippen molar-refractivity contribution in [2.75, 3.05) is 13.1 Å². The van der Waals surface area contributed by atoms with E-state index in [1.54, 1.807) is 53.7 Å². The summed E-state index contributed by atoms with van der Waals surface area (Å²) >= 11 is 0. The van der Waals surface area contributed by atoms with Crippen LogP contribution in [-0.4, -0.2) is 58.1 Å². The molecule has 0 radical (unpaired) electrons. The summed E-state index contributed by atoms with van der Waals surface area (Å²) in [5, 5.41) is 0. The van der Waals surface area contributed by atoms with Gasteiger partial charge in [0.15, 0.2) is 0 Å². The standard InChI is InChI=1S/C15H23NO3.C13H19NO3/c1-6-8-15(9-7-2)10-11-16(12(15)17)13(18)19-14(3,4)5;1-12(2,3)17-11(16)14-9-8-13(10(14)15)6-4-5-7-13/h6-7H,1-2,8-11H2,3-5H3;4-5H,6-9H2,1-3H3. The molecule has 4 amide bonds. The first-order valence-corrected chi connectivity index (χ1v) is 12.6. The van der Waals surface area contributed by atoms with Crippen LogP contribution in [0, 0.1) is 10.8 Å².